The molecule has 0 fully saturated rings. The van der Waals surface area contributed by atoms with E-state index in [1.54, 1.807) is 19.9 Å². The van der Waals surface area contributed by atoms with E-state index in [0.717, 1.165) is 0 Å². The van der Waals surface area contributed by atoms with Gasteiger partial charge in [0.15, 0.2) is 5.75 Å². The summed E-state index contributed by atoms with van der Waals surface area (Å²) < 4.78 is 14.7. The molecule has 0 aliphatic carbocycles. The van der Waals surface area contributed by atoms with E-state index in [4.69, 9.17) is 11.6 Å². The van der Waals surface area contributed by atoms with Crippen molar-refractivity contribution in [2.45, 2.75) is 13.8 Å². The minimum Gasteiger partial charge on any atom is -0.504 e. The lowest BCUT2D eigenvalue weighted by atomic mass is 10.3. The maximum Gasteiger partial charge on any atom is 0.159 e. The van der Waals surface area contributed by atoms with E-state index in [2.05, 4.69) is 5.10 Å². The van der Waals surface area contributed by atoms with Crippen molar-refractivity contribution in [3.8, 4) is 11.4 Å². The minimum absolute atomic E-state index is 0.0644. The van der Waals surface area contributed by atoms with E-state index in [-0.39, 0.29) is 10.8 Å². The molecule has 2 rings (SSSR count). The van der Waals surface area contributed by atoms with Crippen molar-refractivity contribution in [3.05, 3.63) is 40.4 Å². The summed E-state index contributed by atoms with van der Waals surface area (Å²) in [6.45, 7) is 3.40. The predicted molar refractivity (Wildman–Crippen MR) is 59.7 cm³/mol. The molecule has 5 heteroatoms. The minimum atomic E-state index is -0.508. The topological polar surface area (TPSA) is 38.0 Å². The van der Waals surface area contributed by atoms with Gasteiger partial charge in [-0.15, -0.1) is 0 Å². The molecule has 1 N–H and O–H groups in total. The van der Waals surface area contributed by atoms with Crippen LogP contribution in [0.5, 0.6) is 5.75 Å². The average Bonchev–Trinajstić information content (AvgIpc) is 2.50. The third-order valence-corrected chi connectivity index (χ3v) is 2.71. The monoisotopic (exact) mass is 240 g/mol. The van der Waals surface area contributed by atoms with Crippen LogP contribution in [-0.2, 0) is 0 Å². The number of nitrogens with zero attached hydrogens (tertiary/aromatic N) is 2. The third kappa shape index (κ3) is 1.65. The van der Waals surface area contributed by atoms with E-state index in [1.165, 1.54) is 16.8 Å². The van der Waals surface area contributed by atoms with Gasteiger partial charge < -0.3 is 5.11 Å². The number of aryl methyl sites for hydroxylation is 1. The molecule has 0 radical (unpaired) electrons. The third-order valence-electron chi connectivity index (χ3n) is 2.40. The lowest BCUT2D eigenvalue weighted by molar-refractivity contribution is 0.466. The highest BCUT2D eigenvalue weighted by atomic mass is 35.5. The average molecular weight is 241 g/mol. The Morgan fingerprint density at radius 3 is 2.56 bits per heavy atom. The Labute approximate surface area is 97.1 Å². The fourth-order valence-corrected chi connectivity index (χ4v) is 1.62. The smallest absolute Gasteiger partial charge is 0.159 e. The maximum absolute atomic E-state index is 13.3. The summed E-state index contributed by atoms with van der Waals surface area (Å²) in [4.78, 5) is 0. The predicted octanol–water partition coefficient (Wildman–Crippen LogP) is 2.99. The van der Waals surface area contributed by atoms with Crippen molar-refractivity contribution in [3.63, 3.8) is 0 Å². The first-order valence-electron chi connectivity index (χ1n) is 4.71. The van der Waals surface area contributed by atoms with Crippen LogP contribution in [0.2, 0.25) is 5.02 Å². The van der Waals surface area contributed by atoms with Gasteiger partial charge >= 0.3 is 0 Å². The summed E-state index contributed by atoms with van der Waals surface area (Å²) in [5.74, 6) is -0.387. The molecule has 1 aromatic heterocycles. The number of aromatic hydroxyl groups is 1. The molecular weight excluding hydrogens is 231 g/mol. The molecule has 0 aliphatic heterocycles. The largest absolute Gasteiger partial charge is 0.504 e. The Balaban J connectivity index is 2.59. The van der Waals surface area contributed by atoms with Crippen molar-refractivity contribution >= 4 is 11.6 Å². The molecule has 0 amide bonds. The highest BCUT2D eigenvalue weighted by Gasteiger charge is 2.12. The fraction of sp³-hybridized carbons (Fsp3) is 0.182. The van der Waals surface area contributed by atoms with Crippen LogP contribution in [0, 0.1) is 19.7 Å². The van der Waals surface area contributed by atoms with Crippen LogP contribution < -0.4 is 0 Å². The number of rotatable bonds is 1. The van der Waals surface area contributed by atoms with Crippen LogP contribution in [-0.4, -0.2) is 14.9 Å². The molecule has 0 unspecified atom stereocenters. The zero-order valence-electron chi connectivity index (χ0n) is 8.83. The first-order chi connectivity index (χ1) is 7.50. The Hall–Kier alpha value is -1.55. The lowest BCUT2D eigenvalue weighted by Gasteiger charge is -2.04. The molecule has 0 atom stereocenters. The molecule has 84 valence electrons. The highest BCUT2D eigenvalue weighted by Crippen LogP contribution is 2.25. The number of benzene rings is 1. The molecule has 0 saturated carbocycles. The number of aromatic nitrogens is 2. The Kier molecular flexibility index (Phi) is 2.59. The maximum atomic E-state index is 13.3. The molecule has 0 aliphatic rings. The summed E-state index contributed by atoms with van der Waals surface area (Å²) in [5, 5.41) is 13.8. The van der Waals surface area contributed by atoms with Crippen LogP contribution in [0.25, 0.3) is 5.69 Å². The molecule has 16 heavy (non-hydrogen) atoms. The second kappa shape index (κ2) is 3.79. The van der Waals surface area contributed by atoms with Gasteiger partial charge in [-0.25, -0.2) is 9.07 Å². The van der Waals surface area contributed by atoms with Crippen LogP contribution in [0.1, 0.15) is 11.4 Å². The van der Waals surface area contributed by atoms with Crippen LogP contribution in [0.15, 0.2) is 18.2 Å². The Morgan fingerprint density at radius 1 is 1.38 bits per heavy atom. The second-order valence-corrected chi connectivity index (χ2v) is 3.94. The van der Waals surface area contributed by atoms with Crippen molar-refractivity contribution in [2.24, 2.45) is 0 Å². The first kappa shape index (κ1) is 11.0. The van der Waals surface area contributed by atoms with Gasteiger partial charge in [-0.05, 0) is 26.0 Å². The lowest BCUT2D eigenvalue weighted by Crippen LogP contribution is -1.99. The fourth-order valence-electron chi connectivity index (χ4n) is 1.50. The SMILES string of the molecule is Cc1nn(-c2ccc(Cl)c(F)c2)c(C)c1O. The van der Waals surface area contributed by atoms with E-state index in [0.29, 0.717) is 17.1 Å². The molecule has 3 nitrogen and oxygen atoms in total. The first-order valence-corrected chi connectivity index (χ1v) is 5.09. The molecule has 0 saturated heterocycles. The van der Waals surface area contributed by atoms with Gasteiger partial charge in [0.1, 0.15) is 11.5 Å². The van der Waals surface area contributed by atoms with Gasteiger partial charge in [0, 0.05) is 6.07 Å². The van der Waals surface area contributed by atoms with Gasteiger partial charge in [0.05, 0.1) is 16.4 Å². The summed E-state index contributed by atoms with van der Waals surface area (Å²) in [5.41, 5.74) is 1.61. The van der Waals surface area contributed by atoms with Gasteiger partial charge in [-0.3, -0.25) is 0 Å². The van der Waals surface area contributed by atoms with Gasteiger partial charge in [0.25, 0.3) is 0 Å². The summed E-state index contributed by atoms with van der Waals surface area (Å²) in [6, 6.07) is 4.38. The molecule has 0 bridgehead atoms. The van der Waals surface area contributed by atoms with E-state index in [1.807, 2.05) is 0 Å². The molecule has 1 heterocycles. The van der Waals surface area contributed by atoms with Crippen molar-refractivity contribution in [1.29, 1.82) is 0 Å². The van der Waals surface area contributed by atoms with Gasteiger partial charge in [0.2, 0.25) is 0 Å². The molecular formula is C11H10ClFN2O. The van der Waals surface area contributed by atoms with E-state index in [9.17, 15) is 9.50 Å². The van der Waals surface area contributed by atoms with Crippen LogP contribution in [0.4, 0.5) is 4.39 Å². The van der Waals surface area contributed by atoms with Gasteiger partial charge in [-0.1, -0.05) is 11.6 Å². The van der Waals surface area contributed by atoms with E-state index < -0.39 is 5.82 Å². The standard InChI is InChI=1S/C11H10ClFN2O/c1-6-11(16)7(2)15(14-6)8-3-4-9(12)10(13)5-8/h3-5,16H,1-2H3. The molecule has 0 spiro atoms. The van der Waals surface area contributed by atoms with E-state index >= 15 is 0 Å². The molecule has 1 aromatic carbocycles. The summed E-state index contributed by atoms with van der Waals surface area (Å²) in [7, 11) is 0. The Morgan fingerprint density at radius 2 is 2.06 bits per heavy atom. The quantitative estimate of drug-likeness (QED) is 0.832. The number of hydrogen-bond donors (Lipinski definition) is 1. The Bertz CT molecular complexity index is 551. The van der Waals surface area contributed by atoms with Gasteiger partial charge in [-0.2, -0.15) is 5.10 Å². The summed E-state index contributed by atoms with van der Waals surface area (Å²) >= 11 is 5.59. The summed E-state index contributed by atoms with van der Waals surface area (Å²) in [6.07, 6.45) is 0. The van der Waals surface area contributed by atoms with Crippen LogP contribution in [0.3, 0.4) is 0 Å². The zero-order valence-corrected chi connectivity index (χ0v) is 9.59. The van der Waals surface area contributed by atoms with Crippen molar-refractivity contribution in [1.82, 2.24) is 9.78 Å². The van der Waals surface area contributed by atoms with Crippen LogP contribution >= 0.6 is 11.6 Å². The second-order valence-electron chi connectivity index (χ2n) is 3.53. The number of hydrogen-bond acceptors (Lipinski definition) is 2. The number of halogens is 2. The molecule has 2 aromatic rings. The highest BCUT2D eigenvalue weighted by molar-refractivity contribution is 6.30. The van der Waals surface area contributed by atoms with Crippen molar-refractivity contribution in [2.75, 3.05) is 0 Å². The normalized spacial score (nSPS) is 10.8. The van der Waals surface area contributed by atoms with Crippen molar-refractivity contribution < 1.29 is 9.50 Å². The zero-order chi connectivity index (χ0) is 11.9.